The smallest absolute Gasteiger partial charge is 0.253 e. The molecule has 0 spiro atoms. The molecule has 4 nitrogen and oxygen atoms in total. The van der Waals surface area contributed by atoms with Crippen molar-refractivity contribution in [1.29, 1.82) is 0 Å². The van der Waals surface area contributed by atoms with Crippen LogP contribution in [0.25, 0.3) is 0 Å². The molecule has 2 aliphatic rings. The van der Waals surface area contributed by atoms with Gasteiger partial charge in [-0.3, -0.25) is 9.78 Å². The summed E-state index contributed by atoms with van der Waals surface area (Å²) in [4.78, 5) is 16.1. The highest BCUT2D eigenvalue weighted by Gasteiger charge is 2.47. The summed E-state index contributed by atoms with van der Waals surface area (Å²) in [6.45, 7) is 0.180. The molecule has 4 heteroatoms. The monoisotopic (exact) mass is 246 g/mol. The van der Waals surface area contributed by atoms with Crippen LogP contribution in [0.5, 0.6) is 0 Å². The van der Waals surface area contributed by atoms with E-state index in [2.05, 4.69) is 10.3 Å². The number of amides is 1. The normalized spacial score (nSPS) is 33.6. The number of hydrogen-bond donors (Lipinski definition) is 2. The molecule has 0 radical (unpaired) electrons. The number of aromatic nitrogens is 1. The van der Waals surface area contributed by atoms with Crippen molar-refractivity contribution in [3.05, 3.63) is 30.1 Å². The van der Waals surface area contributed by atoms with Gasteiger partial charge in [-0.2, -0.15) is 0 Å². The van der Waals surface area contributed by atoms with E-state index in [-0.39, 0.29) is 24.5 Å². The zero-order chi connectivity index (χ0) is 12.5. The molecule has 18 heavy (non-hydrogen) atoms. The molecular weight excluding hydrogens is 228 g/mol. The first kappa shape index (κ1) is 11.7. The van der Waals surface area contributed by atoms with Gasteiger partial charge in [-0.25, -0.2) is 0 Å². The van der Waals surface area contributed by atoms with E-state index in [1.54, 1.807) is 24.5 Å². The van der Waals surface area contributed by atoms with Gasteiger partial charge >= 0.3 is 0 Å². The lowest BCUT2D eigenvalue weighted by atomic mass is 9.85. The molecule has 4 unspecified atom stereocenters. The van der Waals surface area contributed by atoms with Crippen molar-refractivity contribution in [3.63, 3.8) is 0 Å². The number of nitrogens with zero attached hydrogens (tertiary/aromatic N) is 1. The van der Waals surface area contributed by atoms with Crippen LogP contribution < -0.4 is 5.32 Å². The summed E-state index contributed by atoms with van der Waals surface area (Å²) < 4.78 is 0. The van der Waals surface area contributed by atoms with Crippen molar-refractivity contribution in [2.45, 2.75) is 25.3 Å². The molecule has 1 aromatic rings. The number of pyridine rings is 1. The Bertz CT molecular complexity index is 435. The van der Waals surface area contributed by atoms with E-state index in [4.69, 9.17) is 0 Å². The standard InChI is InChI=1S/C14H18N2O2/c17-8-12-9-3-4-10(6-9)13(12)16-14(18)11-2-1-5-15-7-11/h1-2,5,7,9-10,12-13,17H,3-4,6,8H2,(H,16,18). The van der Waals surface area contributed by atoms with Crippen LogP contribution in [0.1, 0.15) is 29.6 Å². The van der Waals surface area contributed by atoms with Crippen molar-refractivity contribution in [2.24, 2.45) is 17.8 Å². The molecule has 2 aliphatic carbocycles. The molecule has 3 rings (SSSR count). The van der Waals surface area contributed by atoms with Crippen molar-refractivity contribution < 1.29 is 9.90 Å². The van der Waals surface area contributed by atoms with E-state index in [1.165, 1.54) is 12.8 Å². The highest BCUT2D eigenvalue weighted by molar-refractivity contribution is 5.94. The first-order valence-electron chi connectivity index (χ1n) is 6.61. The topological polar surface area (TPSA) is 62.2 Å². The Balaban J connectivity index is 1.71. The molecule has 0 aromatic carbocycles. The van der Waals surface area contributed by atoms with Crippen LogP contribution in [-0.4, -0.2) is 28.6 Å². The highest BCUT2D eigenvalue weighted by atomic mass is 16.3. The number of nitrogens with one attached hydrogen (secondary N) is 1. The van der Waals surface area contributed by atoms with Crippen LogP contribution >= 0.6 is 0 Å². The largest absolute Gasteiger partial charge is 0.396 e. The molecule has 1 aromatic heterocycles. The fourth-order valence-corrected chi connectivity index (χ4v) is 3.63. The SMILES string of the molecule is O=C(NC1C2CCC(C2)C1CO)c1cccnc1. The van der Waals surface area contributed by atoms with Gasteiger partial charge in [0.1, 0.15) is 0 Å². The third kappa shape index (κ3) is 1.90. The summed E-state index contributed by atoms with van der Waals surface area (Å²) in [5.74, 6) is 1.32. The van der Waals surface area contributed by atoms with E-state index in [1.807, 2.05) is 0 Å². The maximum absolute atomic E-state index is 12.1. The average Bonchev–Trinajstić information content (AvgIpc) is 3.00. The first-order valence-corrected chi connectivity index (χ1v) is 6.61. The van der Waals surface area contributed by atoms with E-state index < -0.39 is 0 Å². The van der Waals surface area contributed by atoms with Gasteiger partial charge in [0.2, 0.25) is 0 Å². The minimum absolute atomic E-state index is 0.0703. The number of fused-ring (bicyclic) bond motifs is 2. The van der Waals surface area contributed by atoms with Crippen molar-refractivity contribution >= 4 is 5.91 Å². The Labute approximate surface area is 106 Å². The number of hydrogen-bond acceptors (Lipinski definition) is 3. The fraction of sp³-hybridized carbons (Fsp3) is 0.571. The number of carbonyl (C=O) groups excluding carboxylic acids is 1. The van der Waals surface area contributed by atoms with Crippen LogP contribution in [0.2, 0.25) is 0 Å². The quantitative estimate of drug-likeness (QED) is 0.843. The van der Waals surface area contributed by atoms with Crippen LogP contribution in [0, 0.1) is 17.8 Å². The molecule has 2 fully saturated rings. The summed E-state index contributed by atoms with van der Waals surface area (Å²) in [5, 5.41) is 12.6. The second-order valence-corrected chi connectivity index (χ2v) is 5.42. The lowest BCUT2D eigenvalue weighted by molar-refractivity contribution is 0.0861. The molecule has 0 saturated heterocycles. The predicted octanol–water partition coefficient (Wildman–Crippen LogP) is 1.22. The lowest BCUT2D eigenvalue weighted by Crippen LogP contribution is -2.45. The van der Waals surface area contributed by atoms with Gasteiger partial charge < -0.3 is 10.4 Å². The maximum atomic E-state index is 12.1. The molecule has 2 bridgehead atoms. The average molecular weight is 246 g/mol. The summed E-state index contributed by atoms with van der Waals surface area (Å²) >= 11 is 0. The number of aliphatic hydroxyl groups is 1. The number of rotatable bonds is 3. The fourth-order valence-electron chi connectivity index (χ4n) is 3.63. The Kier molecular flexibility index (Phi) is 3.04. The van der Waals surface area contributed by atoms with Crippen LogP contribution in [0.15, 0.2) is 24.5 Å². The van der Waals surface area contributed by atoms with Crippen LogP contribution in [0.4, 0.5) is 0 Å². The van der Waals surface area contributed by atoms with Crippen molar-refractivity contribution in [3.8, 4) is 0 Å². The Morgan fingerprint density at radius 1 is 1.44 bits per heavy atom. The van der Waals surface area contributed by atoms with Gasteiger partial charge in [0.15, 0.2) is 0 Å². The summed E-state index contributed by atoms with van der Waals surface area (Å²) in [6, 6.07) is 3.67. The summed E-state index contributed by atoms with van der Waals surface area (Å²) in [5.41, 5.74) is 0.594. The Hall–Kier alpha value is -1.42. The van der Waals surface area contributed by atoms with E-state index in [0.29, 0.717) is 17.4 Å². The van der Waals surface area contributed by atoms with Crippen molar-refractivity contribution in [2.75, 3.05) is 6.61 Å². The van der Waals surface area contributed by atoms with Gasteiger partial charge in [0.05, 0.1) is 5.56 Å². The predicted molar refractivity (Wildman–Crippen MR) is 66.9 cm³/mol. The molecule has 4 atom stereocenters. The molecule has 96 valence electrons. The molecule has 2 N–H and O–H groups in total. The molecule has 1 amide bonds. The lowest BCUT2D eigenvalue weighted by Gasteiger charge is -2.30. The molecule has 2 saturated carbocycles. The Morgan fingerprint density at radius 2 is 2.28 bits per heavy atom. The molecule has 0 aliphatic heterocycles. The number of aliphatic hydroxyl groups excluding tert-OH is 1. The molecule has 1 heterocycles. The second kappa shape index (κ2) is 4.69. The van der Waals surface area contributed by atoms with Gasteiger partial charge in [-0.05, 0) is 43.2 Å². The van der Waals surface area contributed by atoms with Gasteiger partial charge in [-0.1, -0.05) is 0 Å². The van der Waals surface area contributed by atoms with Gasteiger partial charge in [0.25, 0.3) is 5.91 Å². The minimum atomic E-state index is -0.0703. The van der Waals surface area contributed by atoms with Crippen LogP contribution in [-0.2, 0) is 0 Å². The summed E-state index contributed by atoms with van der Waals surface area (Å²) in [7, 11) is 0. The van der Waals surface area contributed by atoms with Crippen molar-refractivity contribution in [1.82, 2.24) is 10.3 Å². The van der Waals surface area contributed by atoms with Crippen LogP contribution in [0.3, 0.4) is 0 Å². The maximum Gasteiger partial charge on any atom is 0.253 e. The third-order valence-corrected chi connectivity index (χ3v) is 4.52. The minimum Gasteiger partial charge on any atom is -0.396 e. The molecular formula is C14H18N2O2. The zero-order valence-corrected chi connectivity index (χ0v) is 10.2. The highest BCUT2D eigenvalue weighted by Crippen LogP contribution is 2.48. The van der Waals surface area contributed by atoms with Gasteiger partial charge in [-0.15, -0.1) is 0 Å². The van der Waals surface area contributed by atoms with E-state index >= 15 is 0 Å². The summed E-state index contributed by atoms with van der Waals surface area (Å²) in [6.07, 6.45) is 6.78. The van der Waals surface area contributed by atoms with E-state index in [9.17, 15) is 9.90 Å². The second-order valence-electron chi connectivity index (χ2n) is 5.42. The van der Waals surface area contributed by atoms with E-state index in [0.717, 1.165) is 6.42 Å². The number of carbonyl (C=O) groups is 1. The third-order valence-electron chi connectivity index (χ3n) is 4.52. The Morgan fingerprint density at radius 3 is 3.00 bits per heavy atom. The van der Waals surface area contributed by atoms with Gasteiger partial charge in [0, 0.05) is 31.0 Å². The first-order chi connectivity index (χ1) is 8.79. The zero-order valence-electron chi connectivity index (χ0n) is 10.2.